The van der Waals surface area contributed by atoms with Crippen LogP contribution in [0.5, 0.6) is 0 Å². The molecule has 0 saturated heterocycles. The fourth-order valence-electron chi connectivity index (χ4n) is 9.68. The number of para-hydroxylation sites is 2. The van der Waals surface area contributed by atoms with Crippen molar-refractivity contribution in [1.29, 1.82) is 0 Å². The van der Waals surface area contributed by atoms with Crippen molar-refractivity contribution in [2.24, 2.45) is 0 Å². The van der Waals surface area contributed by atoms with Gasteiger partial charge >= 0.3 is 0 Å². The van der Waals surface area contributed by atoms with Gasteiger partial charge in [-0.15, -0.1) is 0 Å². The van der Waals surface area contributed by atoms with E-state index < -0.39 is 0 Å². The number of anilines is 6. The van der Waals surface area contributed by atoms with Crippen LogP contribution in [0.15, 0.2) is 206 Å². The van der Waals surface area contributed by atoms with Gasteiger partial charge in [-0.3, -0.25) is 0 Å². The first-order valence-electron chi connectivity index (χ1n) is 21.6. The summed E-state index contributed by atoms with van der Waals surface area (Å²) in [5.74, 6) is 0. The maximum Gasteiger partial charge on any atom is 0.0519 e. The Balaban J connectivity index is 0.984. The minimum absolute atomic E-state index is 1.14. The summed E-state index contributed by atoms with van der Waals surface area (Å²) in [5, 5.41) is 4.96. The fraction of sp³-hybridized carbons (Fsp3) is 0.0667. The van der Waals surface area contributed by atoms with Crippen LogP contribution in [-0.2, 0) is 0 Å². The van der Waals surface area contributed by atoms with Crippen molar-refractivity contribution in [3.63, 3.8) is 0 Å². The molecule has 0 fully saturated rings. The van der Waals surface area contributed by atoms with Gasteiger partial charge in [-0.2, -0.15) is 0 Å². The second-order valence-corrected chi connectivity index (χ2v) is 16.8. The lowest BCUT2D eigenvalue weighted by molar-refractivity contribution is 1.22. The molecule has 0 aliphatic heterocycles. The van der Waals surface area contributed by atoms with Crippen molar-refractivity contribution in [3.05, 3.63) is 229 Å². The van der Waals surface area contributed by atoms with Gasteiger partial charge in [0, 0.05) is 22.7 Å². The molecule has 2 heteroatoms. The van der Waals surface area contributed by atoms with Crippen molar-refractivity contribution in [2.75, 3.05) is 9.80 Å². The molecular weight excluding hydrogens is 749 g/mol. The lowest BCUT2D eigenvalue weighted by atomic mass is 9.78. The van der Waals surface area contributed by atoms with Crippen LogP contribution in [0.1, 0.15) is 22.3 Å². The van der Waals surface area contributed by atoms with Crippen LogP contribution >= 0.6 is 0 Å². The molecule has 10 aromatic carbocycles. The first kappa shape index (κ1) is 37.3. The monoisotopic (exact) mass is 794 g/mol. The molecule has 0 saturated carbocycles. The SMILES string of the molecule is Cc1cccc(C)c1N(c1ccc(-c2ccccc2)cc1)c1ccc2cc3c(cc2c1)-c1cc2cc(N(c4ccc(-c5ccccc5)cc4)c4c(C)cccc4C)ccc2cc1-3. The van der Waals surface area contributed by atoms with Gasteiger partial charge in [0.2, 0.25) is 0 Å². The number of benzene rings is 10. The van der Waals surface area contributed by atoms with Gasteiger partial charge in [-0.1, -0.05) is 133 Å². The number of hydrogen-bond donors (Lipinski definition) is 0. The Bertz CT molecular complexity index is 3040. The van der Waals surface area contributed by atoms with Gasteiger partial charge in [0.1, 0.15) is 0 Å². The summed E-state index contributed by atoms with van der Waals surface area (Å²) >= 11 is 0. The molecule has 0 radical (unpaired) electrons. The van der Waals surface area contributed by atoms with Crippen molar-refractivity contribution < 1.29 is 0 Å². The van der Waals surface area contributed by atoms with Gasteiger partial charge in [0.05, 0.1) is 11.4 Å². The molecule has 0 spiro atoms. The third-order valence-corrected chi connectivity index (χ3v) is 12.8. The van der Waals surface area contributed by atoms with Crippen LogP contribution in [0.25, 0.3) is 66.1 Å². The molecule has 1 aliphatic carbocycles. The second kappa shape index (κ2) is 15.1. The molecule has 0 N–H and O–H groups in total. The maximum atomic E-state index is 2.43. The molecule has 0 heterocycles. The van der Waals surface area contributed by atoms with Crippen LogP contribution in [0, 0.1) is 27.7 Å². The highest BCUT2D eigenvalue weighted by Crippen LogP contribution is 2.52. The smallest absolute Gasteiger partial charge is 0.0519 e. The molecule has 0 amide bonds. The highest BCUT2D eigenvalue weighted by molar-refractivity contribution is 6.12. The Kier molecular flexibility index (Phi) is 9.09. The van der Waals surface area contributed by atoms with Crippen LogP contribution in [0.3, 0.4) is 0 Å². The molecule has 0 aromatic heterocycles. The van der Waals surface area contributed by atoms with Crippen LogP contribution in [0.2, 0.25) is 0 Å². The Morgan fingerprint density at radius 3 is 0.903 bits per heavy atom. The topological polar surface area (TPSA) is 6.48 Å². The van der Waals surface area contributed by atoms with Gasteiger partial charge in [0.25, 0.3) is 0 Å². The molecule has 0 bridgehead atoms. The Morgan fingerprint density at radius 1 is 0.242 bits per heavy atom. The third kappa shape index (κ3) is 6.44. The molecule has 0 atom stereocenters. The summed E-state index contributed by atoms with van der Waals surface area (Å²) in [6, 6.07) is 75.9. The Morgan fingerprint density at radius 2 is 0.548 bits per heavy atom. The lowest BCUT2D eigenvalue weighted by Crippen LogP contribution is -2.13. The average molecular weight is 795 g/mol. The molecule has 1 aliphatic rings. The van der Waals surface area contributed by atoms with Gasteiger partial charge in [-0.25, -0.2) is 0 Å². The summed E-state index contributed by atoms with van der Waals surface area (Å²) in [6.45, 7) is 8.86. The quantitative estimate of drug-likeness (QED) is 0.151. The number of hydrogen-bond acceptors (Lipinski definition) is 2. The Hall–Kier alpha value is -7.68. The van der Waals surface area contributed by atoms with E-state index in [0.29, 0.717) is 0 Å². The van der Waals surface area contributed by atoms with Crippen LogP contribution in [-0.4, -0.2) is 0 Å². The van der Waals surface area contributed by atoms with E-state index in [4.69, 9.17) is 0 Å². The molecule has 10 aromatic rings. The van der Waals surface area contributed by atoms with Crippen molar-refractivity contribution in [3.8, 4) is 44.5 Å². The maximum absolute atomic E-state index is 2.43. The summed E-state index contributed by atoms with van der Waals surface area (Å²) in [5.41, 5.74) is 22.1. The van der Waals surface area contributed by atoms with E-state index in [2.05, 4.69) is 244 Å². The van der Waals surface area contributed by atoms with Gasteiger partial charge in [-0.05, 0) is 189 Å². The number of fused-ring (bicyclic) bond motifs is 6. The summed E-state index contributed by atoms with van der Waals surface area (Å²) in [7, 11) is 0. The predicted octanol–water partition coefficient (Wildman–Crippen LogP) is 17.1. The van der Waals surface area contributed by atoms with Gasteiger partial charge < -0.3 is 9.80 Å². The minimum atomic E-state index is 1.14. The van der Waals surface area contributed by atoms with E-state index in [1.165, 1.54) is 99.7 Å². The minimum Gasteiger partial charge on any atom is -0.310 e. The van der Waals surface area contributed by atoms with E-state index in [9.17, 15) is 0 Å². The number of rotatable bonds is 8. The number of nitrogens with zero attached hydrogens (tertiary/aromatic N) is 2. The standard InChI is InChI=1S/C60H46N2/c1-39-13-11-14-40(2)59(39)61(51-27-21-45(22-28-51)43-17-7-5-8-18-43)53-31-25-47-35-55-56-36-48-26-32-54(34-50(48)38-58(56)57(55)37-49(47)33-53)62(60-41(3)15-12-16-42(60)4)52-29-23-46(24-30-52)44-19-9-6-10-20-44/h5-38H,1-4H3. The van der Waals surface area contributed by atoms with Crippen molar-refractivity contribution >= 4 is 55.7 Å². The van der Waals surface area contributed by atoms with Crippen LogP contribution in [0.4, 0.5) is 34.1 Å². The average Bonchev–Trinajstić information content (AvgIpc) is 3.31. The second-order valence-electron chi connectivity index (χ2n) is 16.8. The highest BCUT2D eigenvalue weighted by atomic mass is 15.2. The predicted molar refractivity (Wildman–Crippen MR) is 265 cm³/mol. The number of aryl methyl sites for hydroxylation is 4. The normalized spacial score (nSPS) is 11.5. The lowest BCUT2D eigenvalue weighted by Gasteiger charge is -2.30. The first-order valence-corrected chi connectivity index (χ1v) is 21.6. The van der Waals surface area contributed by atoms with E-state index in [-0.39, 0.29) is 0 Å². The fourth-order valence-corrected chi connectivity index (χ4v) is 9.68. The molecular formula is C60H46N2. The van der Waals surface area contributed by atoms with Gasteiger partial charge in [0.15, 0.2) is 0 Å². The zero-order valence-electron chi connectivity index (χ0n) is 35.5. The zero-order chi connectivity index (χ0) is 41.9. The largest absolute Gasteiger partial charge is 0.310 e. The third-order valence-electron chi connectivity index (χ3n) is 12.8. The van der Waals surface area contributed by atoms with E-state index >= 15 is 0 Å². The van der Waals surface area contributed by atoms with Crippen molar-refractivity contribution in [1.82, 2.24) is 0 Å². The van der Waals surface area contributed by atoms with E-state index in [0.717, 1.165) is 22.7 Å². The van der Waals surface area contributed by atoms with Crippen LogP contribution < -0.4 is 9.80 Å². The molecule has 62 heavy (non-hydrogen) atoms. The summed E-state index contributed by atoms with van der Waals surface area (Å²) in [4.78, 5) is 4.86. The van der Waals surface area contributed by atoms with E-state index in [1.807, 2.05) is 0 Å². The molecule has 2 nitrogen and oxygen atoms in total. The highest BCUT2D eigenvalue weighted by Gasteiger charge is 2.26. The van der Waals surface area contributed by atoms with E-state index in [1.54, 1.807) is 0 Å². The summed E-state index contributed by atoms with van der Waals surface area (Å²) in [6.07, 6.45) is 0. The first-order chi connectivity index (χ1) is 30.4. The Labute approximate surface area is 364 Å². The summed E-state index contributed by atoms with van der Waals surface area (Å²) < 4.78 is 0. The van der Waals surface area contributed by atoms with Crippen molar-refractivity contribution in [2.45, 2.75) is 27.7 Å². The molecule has 11 rings (SSSR count). The zero-order valence-corrected chi connectivity index (χ0v) is 35.5. The molecule has 0 unspecified atom stereocenters. The molecule has 296 valence electrons.